The summed E-state index contributed by atoms with van der Waals surface area (Å²) in [6.45, 7) is 2.02. The molecule has 2 heterocycles. The van der Waals surface area contributed by atoms with Crippen molar-refractivity contribution in [1.82, 2.24) is 14.5 Å². The molecule has 0 saturated carbocycles. The summed E-state index contributed by atoms with van der Waals surface area (Å²) >= 11 is 13.9. The van der Waals surface area contributed by atoms with E-state index < -0.39 is 0 Å². The number of aryl methyl sites for hydroxylation is 1. The molecule has 0 bridgehead atoms. The number of imidazole rings is 1. The van der Waals surface area contributed by atoms with Crippen molar-refractivity contribution in [3.8, 4) is 5.69 Å². The van der Waals surface area contributed by atoms with Crippen LogP contribution in [0.5, 0.6) is 0 Å². The van der Waals surface area contributed by atoms with Crippen molar-refractivity contribution in [3.05, 3.63) is 49.4 Å². The van der Waals surface area contributed by atoms with Crippen molar-refractivity contribution >= 4 is 57.6 Å². The topological polar surface area (TPSA) is 33.6 Å². The molecule has 96 valence electrons. The Morgan fingerprint density at radius 1 is 1.37 bits per heavy atom. The van der Waals surface area contributed by atoms with Crippen molar-refractivity contribution in [1.29, 1.82) is 0 Å². The van der Waals surface area contributed by atoms with Gasteiger partial charge in [0.1, 0.15) is 0 Å². The lowest BCUT2D eigenvalue weighted by atomic mass is 10.2. The molecule has 0 aliphatic carbocycles. The van der Waals surface area contributed by atoms with E-state index in [2.05, 4.69) is 32.6 Å². The predicted molar refractivity (Wildman–Crippen MR) is 88.7 cm³/mol. The van der Waals surface area contributed by atoms with E-state index in [-0.39, 0.29) is 0 Å². The molecule has 1 aromatic carbocycles. The van der Waals surface area contributed by atoms with Crippen LogP contribution in [0.1, 0.15) is 5.56 Å². The zero-order valence-electron chi connectivity index (χ0n) is 9.95. The number of hydrogen-bond donors (Lipinski definition) is 1. The van der Waals surface area contributed by atoms with Gasteiger partial charge in [0.15, 0.2) is 10.4 Å². The number of fused-ring (bicyclic) bond motifs is 1. The minimum atomic E-state index is 0.597. The number of aromatic amines is 1. The molecule has 0 spiro atoms. The van der Waals surface area contributed by atoms with Gasteiger partial charge in [-0.1, -0.05) is 11.6 Å². The van der Waals surface area contributed by atoms with Crippen LogP contribution >= 0.6 is 46.4 Å². The number of hydrogen-bond acceptors (Lipinski definition) is 2. The average molecular weight is 402 g/mol. The Morgan fingerprint density at radius 3 is 2.89 bits per heavy atom. The molecule has 0 amide bonds. The fraction of sp³-hybridized carbons (Fsp3) is 0.0769. The summed E-state index contributed by atoms with van der Waals surface area (Å²) in [6, 6.07) is 7.82. The van der Waals surface area contributed by atoms with E-state index in [1.54, 1.807) is 6.20 Å². The molecule has 0 atom stereocenters. The lowest BCUT2D eigenvalue weighted by Gasteiger charge is -2.07. The second-order valence-electron chi connectivity index (χ2n) is 4.19. The second-order valence-corrected chi connectivity index (χ2v) is 6.23. The van der Waals surface area contributed by atoms with E-state index >= 15 is 0 Å². The fourth-order valence-electron chi connectivity index (χ4n) is 2.01. The van der Waals surface area contributed by atoms with Gasteiger partial charge < -0.3 is 4.98 Å². The molecule has 1 N–H and O–H groups in total. The molecule has 3 nitrogen and oxygen atoms in total. The van der Waals surface area contributed by atoms with Crippen molar-refractivity contribution in [2.75, 3.05) is 0 Å². The predicted octanol–water partition coefficient (Wildman–Crippen LogP) is 4.65. The Kier molecular flexibility index (Phi) is 3.36. The molecule has 0 saturated heterocycles. The monoisotopic (exact) mass is 401 g/mol. The van der Waals surface area contributed by atoms with Crippen LogP contribution in [-0.4, -0.2) is 14.5 Å². The lowest BCUT2D eigenvalue weighted by Crippen LogP contribution is -1.97. The van der Waals surface area contributed by atoms with Crippen molar-refractivity contribution in [3.63, 3.8) is 0 Å². The van der Waals surface area contributed by atoms with Crippen LogP contribution in [0.3, 0.4) is 0 Å². The molecule has 6 heteroatoms. The minimum absolute atomic E-state index is 0.597. The SMILES string of the molecule is Cc1ccnc2c1[nH]c(=S)n2-c1ccc(I)cc1Cl. The number of halogens is 2. The van der Waals surface area contributed by atoms with Gasteiger partial charge in [-0.15, -0.1) is 0 Å². The van der Waals surface area contributed by atoms with Gasteiger partial charge >= 0.3 is 0 Å². The minimum Gasteiger partial charge on any atom is -0.329 e. The summed E-state index contributed by atoms with van der Waals surface area (Å²) < 4.78 is 3.55. The van der Waals surface area contributed by atoms with E-state index in [9.17, 15) is 0 Å². The first-order valence-corrected chi connectivity index (χ1v) is 7.46. The van der Waals surface area contributed by atoms with Crippen LogP contribution in [0.25, 0.3) is 16.9 Å². The standard InChI is InChI=1S/C13H9ClIN3S/c1-7-4-5-16-12-11(7)17-13(19)18(12)10-3-2-8(15)6-9(10)14/h2-6H,1H3,(H,17,19). The Balaban J connectivity index is 2.40. The fourth-order valence-corrected chi connectivity index (χ4v) is 3.24. The highest BCUT2D eigenvalue weighted by atomic mass is 127. The first kappa shape index (κ1) is 13.1. The van der Waals surface area contributed by atoms with Gasteiger partial charge in [-0.05, 0) is 71.6 Å². The third kappa shape index (κ3) is 2.19. The second kappa shape index (κ2) is 4.88. The van der Waals surface area contributed by atoms with E-state index in [1.807, 2.05) is 35.8 Å². The van der Waals surface area contributed by atoms with Crippen molar-refractivity contribution in [2.45, 2.75) is 6.92 Å². The van der Waals surface area contributed by atoms with Gasteiger partial charge in [-0.25, -0.2) is 4.98 Å². The van der Waals surface area contributed by atoms with E-state index in [0.29, 0.717) is 9.79 Å². The number of benzene rings is 1. The molecule has 0 aliphatic rings. The summed E-state index contributed by atoms with van der Waals surface area (Å²) in [4.78, 5) is 7.60. The van der Waals surface area contributed by atoms with Gasteiger partial charge in [-0.3, -0.25) is 4.57 Å². The number of aromatic nitrogens is 3. The first-order valence-electron chi connectivity index (χ1n) is 5.59. The quantitative estimate of drug-likeness (QED) is 0.476. The molecular weight excluding hydrogens is 393 g/mol. The maximum atomic E-state index is 6.32. The molecule has 0 fully saturated rings. The zero-order chi connectivity index (χ0) is 13.6. The summed E-state index contributed by atoms with van der Waals surface area (Å²) in [5.41, 5.74) is 3.70. The molecule has 19 heavy (non-hydrogen) atoms. The van der Waals surface area contributed by atoms with Gasteiger partial charge in [0.25, 0.3) is 0 Å². The number of nitrogens with one attached hydrogen (secondary N) is 1. The van der Waals surface area contributed by atoms with Crippen molar-refractivity contribution in [2.24, 2.45) is 0 Å². The molecule has 2 aromatic heterocycles. The summed E-state index contributed by atoms with van der Waals surface area (Å²) in [6.07, 6.45) is 1.78. The maximum Gasteiger partial charge on any atom is 0.184 e. The van der Waals surface area contributed by atoms with Gasteiger partial charge in [0, 0.05) is 9.77 Å². The zero-order valence-corrected chi connectivity index (χ0v) is 13.7. The Hall–Kier alpha value is -0.920. The van der Waals surface area contributed by atoms with Crippen LogP contribution in [0.2, 0.25) is 5.02 Å². The Bertz CT molecular complexity index is 838. The normalized spacial score (nSPS) is 11.1. The van der Waals surface area contributed by atoms with Crippen molar-refractivity contribution < 1.29 is 0 Å². The van der Waals surface area contributed by atoms with E-state index in [4.69, 9.17) is 23.8 Å². The van der Waals surface area contributed by atoms with Gasteiger partial charge in [0.2, 0.25) is 0 Å². The highest BCUT2D eigenvalue weighted by Gasteiger charge is 2.12. The van der Waals surface area contributed by atoms with Crippen LogP contribution < -0.4 is 0 Å². The molecule has 0 unspecified atom stereocenters. The third-order valence-corrected chi connectivity index (χ3v) is 4.20. The number of pyridine rings is 1. The highest BCUT2D eigenvalue weighted by Crippen LogP contribution is 2.27. The molecule has 3 aromatic rings. The summed E-state index contributed by atoms with van der Waals surface area (Å²) in [7, 11) is 0. The molecular formula is C13H9ClIN3S. The third-order valence-electron chi connectivity index (χ3n) is 2.94. The largest absolute Gasteiger partial charge is 0.329 e. The maximum absolute atomic E-state index is 6.32. The molecule has 0 radical (unpaired) electrons. The van der Waals surface area contributed by atoms with E-state index in [0.717, 1.165) is 26.0 Å². The summed E-state index contributed by atoms with van der Waals surface area (Å²) in [5, 5.41) is 0.659. The first-order chi connectivity index (χ1) is 9.08. The summed E-state index contributed by atoms with van der Waals surface area (Å²) in [5.74, 6) is 0. The Morgan fingerprint density at radius 2 is 2.16 bits per heavy atom. The average Bonchev–Trinajstić information content (AvgIpc) is 2.68. The van der Waals surface area contributed by atoms with Crippen LogP contribution in [0.4, 0.5) is 0 Å². The highest BCUT2D eigenvalue weighted by molar-refractivity contribution is 14.1. The van der Waals surface area contributed by atoms with Gasteiger partial charge in [0.05, 0.1) is 16.2 Å². The number of rotatable bonds is 1. The van der Waals surface area contributed by atoms with Crippen LogP contribution in [0, 0.1) is 15.3 Å². The molecule has 0 aliphatic heterocycles. The van der Waals surface area contributed by atoms with E-state index in [1.165, 1.54) is 0 Å². The smallest absolute Gasteiger partial charge is 0.184 e. The lowest BCUT2D eigenvalue weighted by molar-refractivity contribution is 1.04. The van der Waals surface area contributed by atoms with Crippen LogP contribution in [-0.2, 0) is 0 Å². The molecule has 3 rings (SSSR count). The van der Waals surface area contributed by atoms with Gasteiger partial charge in [-0.2, -0.15) is 0 Å². The van der Waals surface area contributed by atoms with Crippen LogP contribution in [0.15, 0.2) is 30.5 Å². The Labute approximate surface area is 133 Å². The number of nitrogens with zero attached hydrogens (tertiary/aromatic N) is 2. The number of H-pyrrole nitrogens is 1.